The number of hydrogen-bond acceptors (Lipinski definition) is 3. The Labute approximate surface area is 63.6 Å². The highest BCUT2D eigenvalue weighted by Gasteiger charge is 2.16. The van der Waals surface area contributed by atoms with E-state index in [-0.39, 0.29) is 0 Å². The second-order valence-electron chi connectivity index (χ2n) is 2.37. The van der Waals surface area contributed by atoms with Crippen LogP contribution in [0.25, 0.3) is 0 Å². The maximum atomic E-state index is 5.74. The Hall–Kier alpha value is -0.640. The summed E-state index contributed by atoms with van der Waals surface area (Å²) in [5.74, 6) is 1.95. The smallest absolute Gasteiger partial charge is 0.169 e. The molecule has 54 valence electrons. The third kappa shape index (κ3) is 0.653. The molecule has 0 saturated carbocycles. The summed E-state index contributed by atoms with van der Waals surface area (Å²) in [5.41, 5.74) is 6.70. The molecule has 1 aliphatic rings. The van der Waals surface area contributed by atoms with Gasteiger partial charge in [-0.1, -0.05) is 11.8 Å². The molecule has 3 nitrogen and oxygen atoms in total. The standard InChI is InChI=1S/C6H9N3S/c1-4-5(7)9-2-3-10-6(9)8-4/h2-3,7H2,1H3. The number of nitrogens with two attached hydrogens (primary N) is 1. The summed E-state index contributed by atoms with van der Waals surface area (Å²) in [7, 11) is 0. The Morgan fingerprint density at radius 3 is 3.20 bits per heavy atom. The van der Waals surface area contributed by atoms with Crippen LogP contribution in [-0.4, -0.2) is 15.3 Å². The fraction of sp³-hybridized carbons (Fsp3) is 0.500. The van der Waals surface area contributed by atoms with Crippen LogP contribution in [0, 0.1) is 6.92 Å². The minimum Gasteiger partial charge on any atom is -0.384 e. The highest BCUT2D eigenvalue weighted by atomic mass is 32.2. The fourth-order valence-corrected chi connectivity index (χ4v) is 2.12. The number of rotatable bonds is 0. The van der Waals surface area contributed by atoms with Crippen LogP contribution in [0.15, 0.2) is 5.16 Å². The topological polar surface area (TPSA) is 43.8 Å². The number of aryl methyl sites for hydroxylation is 1. The first kappa shape index (κ1) is 6.09. The summed E-state index contributed by atoms with van der Waals surface area (Å²) in [6.45, 7) is 2.97. The molecule has 10 heavy (non-hydrogen) atoms. The van der Waals surface area contributed by atoms with Crippen LogP contribution in [0.2, 0.25) is 0 Å². The van der Waals surface area contributed by atoms with E-state index in [1.54, 1.807) is 11.8 Å². The van der Waals surface area contributed by atoms with Gasteiger partial charge in [0, 0.05) is 12.3 Å². The molecule has 1 aromatic rings. The van der Waals surface area contributed by atoms with Crippen molar-refractivity contribution >= 4 is 17.6 Å². The van der Waals surface area contributed by atoms with Gasteiger partial charge in [-0.2, -0.15) is 0 Å². The Morgan fingerprint density at radius 1 is 1.70 bits per heavy atom. The molecule has 0 saturated heterocycles. The average Bonchev–Trinajstić information content (AvgIpc) is 2.41. The molecule has 0 atom stereocenters. The SMILES string of the molecule is Cc1nc2n(c1N)CCS2. The van der Waals surface area contributed by atoms with Crippen molar-refractivity contribution in [2.75, 3.05) is 11.5 Å². The first-order valence-electron chi connectivity index (χ1n) is 3.24. The molecule has 0 amide bonds. The third-order valence-corrected chi connectivity index (χ3v) is 2.66. The first-order chi connectivity index (χ1) is 4.79. The number of aromatic nitrogens is 2. The second-order valence-corrected chi connectivity index (χ2v) is 3.43. The summed E-state index contributed by atoms with van der Waals surface area (Å²) < 4.78 is 2.07. The normalized spacial score (nSPS) is 15.7. The molecule has 1 aromatic heterocycles. The number of thioether (sulfide) groups is 1. The maximum absolute atomic E-state index is 5.74. The summed E-state index contributed by atoms with van der Waals surface area (Å²) in [4.78, 5) is 4.29. The van der Waals surface area contributed by atoms with Crippen molar-refractivity contribution < 1.29 is 0 Å². The van der Waals surface area contributed by atoms with Gasteiger partial charge in [0.25, 0.3) is 0 Å². The lowest BCUT2D eigenvalue weighted by molar-refractivity contribution is 0.729. The van der Waals surface area contributed by atoms with E-state index in [1.807, 2.05) is 6.92 Å². The lowest BCUT2D eigenvalue weighted by atomic mass is 10.5. The van der Waals surface area contributed by atoms with Gasteiger partial charge in [0.05, 0.1) is 5.69 Å². The predicted molar refractivity (Wildman–Crippen MR) is 42.1 cm³/mol. The summed E-state index contributed by atoms with van der Waals surface area (Å²) in [6.07, 6.45) is 0. The van der Waals surface area contributed by atoms with Gasteiger partial charge in [0.15, 0.2) is 5.16 Å². The second kappa shape index (κ2) is 1.92. The molecular weight excluding hydrogens is 146 g/mol. The Morgan fingerprint density at radius 2 is 2.50 bits per heavy atom. The van der Waals surface area contributed by atoms with Crippen molar-refractivity contribution in [3.8, 4) is 0 Å². The van der Waals surface area contributed by atoms with Crippen molar-refractivity contribution in [2.45, 2.75) is 18.6 Å². The third-order valence-electron chi connectivity index (χ3n) is 1.70. The van der Waals surface area contributed by atoms with E-state index in [9.17, 15) is 0 Å². The summed E-state index contributed by atoms with van der Waals surface area (Å²) in [5, 5.41) is 1.08. The lowest BCUT2D eigenvalue weighted by Gasteiger charge is -1.96. The molecule has 2 rings (SSSR count). The molecule has 0 fully saturated rings. The zero-order valence-corrected chi connectivity index (χ0v) is 6.61. The van der Waals surface area contributed by atoms with Crippen LogP contribution in [0.3, 0.4) is 0 Å². The van der Waals surface area contributed by atoms with Crippen molar-refractivity contribution in [1.82, 2.24) is 9.55 Å². The quantitative estimate of drug-likeness (QED) is 0.605. The van der Waals surface area contributed by atoms with Gasteiger partial charge in [0.1, 0.15) is 5.82 Å². The number of hydrogen-bond donors (Lipinski definition) is 1. The molecule has 0 bridgehead atoms. The van der Waals surface area contributed by atoms with E-state index in [0.717, 1.165) is 29.0 Å². The maximum Gasteiger partial charge on any atom is 0.169 e. The van der Waals surface area contributed by atoms with E-state index < -0.39 is 0 Å². The molecule has 0 aromatic carbocycles. The molecule has 2 heterocycles. The molecule has 2 N–H and O–H groups in total. The highest BCUT2D eigenvalue weighted by Crippen LogP contribution is 2.28. The number of imidazole rings is 1. The predicted octanol–water partition coefficient (Wildman–Crippen LogP) is 0.879. The number of anilines is 1. The molecule has 0 radical (unpaired) electrons. The van der Waals surface area contributed by atoms with Crippen LogP contribution in [0.5, 0.6) is 0 Å². The Balaban J connectivity index is 2.59. The molecule has 1 aliphatic heterocycles. The van der Waals surface area contributed by atoms with Gasteiger partial charge in [0.2, 0.25) is 0 Å². The van der Waals surface area contributed by atoms with Gasteiger partial charge in [-0.25, -0.2) is 4.98 Å². The summed E-state index contributed by atoms with van der Waals surface area (Å²) >= 11 is 1.77. The van der Waals surface area contributed by atoms with Crippen LogP contribution in [-0.2, 0) is 6.54 Å². The van der Waals surface area contributed by atoms with Crippen LogP contribution < -0.4 is 5.73 Å². The van der Waals surface area contributed by atoms with Gasteiger partial charge >= 0.3 is 0 Å². The largest absolute Gasteiger partial charge is 0.384 e. The van der Waals surface area contributed by atoms with Crippen molar-refractivity contribution in [3.05, 3.63) is 5.69 Å². The highest BCUT2D eigenvalue weighted by molar-refractivity contribution is 7.99. The minimum atomic E-state index is 0.833. The van der Waals surface area contributed by atoms with Crippen LogP contribution in [0.1, 0.15) is 5.69 Å². The van der Waals surface area contributed by atoms with E-state index in [0.29, 0.717) is 0 Å². The van der Waals surface area contributed by atoms with Crippen LogP contribution in [0.4, 0.5) is 5.82 Å². The molecule has 0 aliphatic carbocycles. The number of nitrogens with zero attached hydrogens (tertiary/aromatic N) is 2. The Kier molecular flexibility index (Phi) is 1.17. The van der Waals surface area contributed by atoms with E-state index in [2.05, 4.69) is 9.55 Å². The molecule has 4 heteroatoms. The summed E-state index contributed by atoms with van der Waals surface area (Å²) in [6, 6.07) is 0. The fourth-order valence-electron chi connectivity index (χ4n) is 1.11. The zero-order chi connectivity index (χ0) is 7.14. The van der Waals surface area contributed by atoms with Gasteiger partial charge in [-0.3, -0.25) is 0 Å². The molecule has 0 spiro atoms. The van der Waals surface area contributed by atoms with Gasteiger partial charge in [-0.15, -0.1) is 0 Å². The number of nitrogen functional groups attached to an aromatic ring is 1. The van der Waals surface area contributed by atoms with Crippen LogP contribution >= 0.6 is 11.8 Å². The minimum absolute atomic E-state index is 0.833. The number of fused-ring (bicyclic) bond motifs is 1. The van der Waals surface area contributed by atoms with E-state index in [1.165, 1.54) is 0 Å². The Bertz CT molecular complexity index is 266. The van der Waals surface area contributed by atoms with Gasteiger partial charge < -0.3 is 10.3 Å². The van der Waals surface area contributed by atoms with Gasteiger partial charge in [-0.05, 0) is 6.92 Å². The average molecular weight is 155 g/mol. The first-order valence-corrected chi connectivity index (χ1v) is 4.23. The zero-order valence-electron chi connectivity index (χ0n) is 5.79. The van der Waals surface area contributed by atoms with Crippen molar-refractivity contribution in [3.63, 3.8) is 0 Å². The van der Waals surface area contributed by atoms with E-state index >= 15 is 0 Å². The lowest BCUT2D eigenvalue weighted by Crippen LogP contribution is -2.00. The monoisotopic (exact) mass is 155 g/mol. The molecular formula is C6H9N3S. The van der Waals surface area contributed by atoms with Crippen molar-refractivity contribution in [2.24, 2.45) is 0 Å². The molecule has 0 unspecified atom stereocenters. The van der Waals surface area contributed by atoms with Crippen molar-refractivity contribution in [1.29, 1.82) is 0 Å². The van der Waals surface area contributed by atoms with E-state index in [4.69, 9.17) is 5.73 Å².